The quantitative estimate of drug-likeness (QED) is 0.0163. The molecule has 0 aliphatic carbocycles. The molecule has 0 spiro atoms. The Kier molecular flexibility index (Phi) is 29.8. The van der Waals surface area contributed by atoms with Gasteiger partial charge in [-0.1, -0.05) is 47.6 Å². The number of aromatic nitrogens is 1. The van der Waals surface area contributed by atoms with Crippen LogP contribution in [0.25, 0.3) is 10.8 Å². The lowest BCUT2D eigenvalue weighted by atomic mass is 10.0. The summed E-state index contributed by atoms with van der Waals surface area (Å²) in [6.07, 6.45) is -0.534. The zero-order valence-corrected chi connectivity index (χ0v) is 51.0. The monoisotopic (exact) mass is 1320 g/mol. The van der Waals surface area contributed by atoms with Crippen LogP contribution in [0.2, 0.25) is 0 Å². The Hall–Kier alpha value is -10.5. The molecular formula is C58H76N14O22. The fourth-order valence-corrected chi connectivity index (χ4v) is 9.92. The van der Waals surface area contributed by atoms with Gasteiger partial charge in [-0.2, -0.15) is 0 Å². The molecule has 0 radical (unpaired) electrons. The third kappa shape index (κ3) is 26.4. The Labute approximate surface area is 535 Å². The van der Waals surface area contributed by atoms with Crippen LogP contribution in [0.3, 0.4) is 0 Å². The zero-order chi connectivity index (χ0) is 68.9. The molecule has 3 aromatic carbocycles. The number of non-ortho nitro benzene ring substituents is 1. The average Bonchev–Trinajstić information content (AvgIpc) is 0.993. The number of aliphatic carboxylic acids is 6. The molecule has 0 unspecified atom stereocenters. The Balaban J connectivity index is 1.27. The largest absolute Gasteiger partial charge is 0.481 e. The summed E-state index contributed by atoms with van der Waals surface area (Å²) in [6, 6.07) is 10.3. The molecule has 94 heavy (non-hydrogen) atoms. The highest BCUT2D eigenvalue weighted by atomic mass is 16.6. The summed E-state index contributed by atoms with van der Waals surface area (Å²) in [5, 5.41) is 103. The summed E-state index contributed by atoms with van der Waals surface area (Å²) in [5.41, 5.74) is -0.733. The third-order valence-electron chi connectivity index (χ3n) is 14.8. The normalized spacial score (nSPS) is 14.9. The van der Waals surface area contributed by atoms with Gasteiger partial charge >= 0.3 is 41.8 Å². The number of amides is 6. The minimum Gasteiger partial charge on any atom is -0.481 e. The van der Waals surface area contributed by atoms with Gasteiger partial charge in [0.25, 0.3) is 17.3 Å². The van der Waals surface area contributed by atoms with E-state index in [0.29, 0.717) is 5.56 Å². The number of nitro groups is 2. The van der Waals surface area contributed by atoms with E-state index in [0.717, 1.165) is 22.9 Å². The van der Waals surface area contributed by atoms with Crippen LogP contribution in [0.1, 0.15) is 73.2 Å². The first-order valence-electron chi connectivity index (χ1n) is 29.8. The molecular weight excluding hydrogens is 1240 g/mol. The van der Waals surface area contributed by atoms with E-state index in [4.69, 9.17) is 9.63 Å². The second-order valence-corrected chi connectivity index (χ2v) is 22.0. The molecule has 1 aliphatic rings. The first-order chi connectivity index (χ1) is 44.7. The number of nitrogens with one attached hydrogen (secondary N) is 7. The number of nitro benzene ring substituents is 2. The van der Waals surface area contributed by atoms with E-state index in [2.05, 4.69) is 37.1 Å². The molecule has 13 N–H and O–H groups in total. The standard InChI is InChI=1S/C58H76N14O22/c73-48(32-67-19-21-68(33-50(76)77)23-25-70(35-52(80)81)26-24-69(22-20-67)34-51(78)79)62-42(9-3-5-17-59-41-14-13-39(71(90)91)29-47(41)72(92)93)53(82)61-31-40-30-46(66-94-40)55(84)63-45(28-36-11-12-37-7-1-2-8-38(37)27-36)54(83)60-18-6-4-10-43(56(85)86)64-58(89)65-44(57(87)88)15-16-49(74)75/h1-2,7-8,11-14,27,29-30,42-45,59H,3-6,9-10,15-26,28,31-35H2,(H,60,83)(H,61,82)(H,62,73)(H,63,84)(H,74,75)(H,76,77)(H,78,79)(H,80,81)(H,85,86)(H,87,88)(H2,64,65,89)/t42-,43-,44-,45-/m0/s1. The number of anilines is 1. The number of carbonyl (C=O) groups excluding carboxylic acids is 5. The van der Waals surface area contributed by atoms with E-state index in [1.165, 1.54) is 12.1 Å². The van der Waals surface area contributed by atoms with E-state index < -0.39 is 143 Å². The third-order valence-corrected chi connectivity index (χ3v) is 14.8. The topological polar surface area (TPSA) is 519 Å². The molecule has 1 saturated heterocycles. The molecule has 4 atom stereocenters. The van der Waals surface area contributed by atoms with Crippen molar-refractivity contribution in [1.29, 1.82) is 0 Å². The maximum Gasteiger partial charge on any atom is 0.326 e. The van der Waals surface area contributed by atoms with Crippen molar-refractivity contribution >= 4 is 93.3 Å². The fourth-order valence-electron chi connectivity index (χ4n) is 9.92. The van der Waals surface area contributed by atoms with Crippen LogP contribution in [0.5, 0.6) is 0 Å². The highest BCUT2D eigenvalue weighted by Gasteiger charge is 2.29. The Morgan fingerprint density at radius 1 is 0.532 bits per heavy atom. The molecule has 36 heteroatoms. The number of urea groups is 1. The molecule has 5 rings (SSSR count). The molecule has 1 fully saturated rings. The number of carboxylic acids is 6. The van der Waals surface area contributed by atoms with Crippen molar-refractivity contribution in [2.45, 2.75) is 88.5 Å². The maximum absolute atomic E-state index is 14.1. The van der Waals surface area contributed by atoms with E-state index in [9.17, 15) is 98.5 Å². The lowest BCUT2D eigenvalue weighted by Gasteiger charge is -2.33. The number of benzene rings is 3. The highest BCUT2D eigenvalue weighted by molar-refractivity contribution is 5.96. The zero-order valence-electron chi connectivity index (χ0n) is 51.0. The number of unbranched alkanes of at least 4 members (excludes halogenated alkanes) is 2. The lowest BCUT2D eigenvalue weighted by Crippen LogP contribution is -2.52. The minimum atomic E-state index is -1.61. The fraction of sp³-hybridized carbons (Fsp3) is 0.483. The van der Waals surface area contributed by atoms with Gasteiger partial charge in [0.2, 0.25) is 17.7 Å². The summed E-state index contributed by atoms with van der Waals surface area (Å²) in [4.78, 5) is 166. The molecule has 2 heterocycles. The molecule has 1 aromatic heterocycles. The van der Waals surface area contributed by atoms with Crippen molar-refractivity contribution in [2.75, 3.05) is 96.9 Å². The van der Waals surface area contributed by atoms with Crippen molar-refractivity contribution in [1.82, 2.24) is 56.7 Å². The van der Waals surface area contributed by atoms with Crippen molar-refractivity contribution in [3.63, 3.8) is 0 Å². The Bertz CT molecular complexity index is 3320. The van der Waals surface area contributed by atoms with Crippen LogP contribution >= 0.6 is 0 Å². The first kappa shape index (κ1) is 74.3. The minimum absolute atomic E-state index is 0.0113. The van der Waals surface area contributed by atoms with Crippen LogP contribution in [0, 0.1) is 20.2 Å². The van der Waals surface area contributed by atoms with Crippen LogP contribution < -0.4 is 37.2 Å². The molecule has 510 valence electrons. The lowest BCUT2D eigenvalue weighted by molar-refractivity contribution is -0.393. The summed E-state index contributed by atoms with van der Waals surface area (Å²) in [6.45, 7) is -1.10. The van der Waals surface area contributed by atoms with Gasteiger partial charge in [-0.3, -0.25) is 78.2 Å². The first-order valence-corrected chi connectivity index (χ1v) is 29.8. The predicted octanol–water partition coefficient (Wildman–Crippen LogP) is 0.201. The smallest absolute Gasteiger partial charge is 0.326 e. The number of carbonyl (C=O) groups is 11. The van der Waals surface area contributed by atoms with E-state index in [-0.39, 0.29) is 141 Å². The van der Waals surface area contributed by atoms with Gasteiger partial charge in [0.15, 0.2) is 11.5 Å². The predicted molar refractivity (Wildman–Crippen MR) is 328 cm³/mol. The van der Waals surface area contributed by atoms with Crippen molar-refractivity contribution in [2.24, 2.45) is 0 Å². The molecule has 6 amide bonds. The van der Waals surface area contributed by atoms with Gasteiger partial charge in [-0.15, -0.1) is 0 Å². The van der Waals surface area contributed by atoms with Crippen molar-refractivity contribution in [3.8, 4) is 0 Å². The number of rotatable bonds is 37. The van der Waals surface area contributed by atoms with Gasteiger partial charge in [0.1, 0.15) is 29.9 Å². The number of carboxylic acid groups (broad SMARTS) is 6. The molecule has 36 nitrogen and oxygen atoms in total. The van der Waals surface area contributed by atoms with Gasteiger partial charge < -0.3 is 72.4 Å². The highest BCUT2D eigenvalue weighted by Crippen LogP contribution is 2.29. The molecule has 4 aromatic rings. The summed E-state index contributed by atoms with van der Waals surface area (Å²) < 4.78 is 5.41. The summed E-state index contributed by atoms with van der Waals surface area (Å²) in [5.74, 6) is -10.7. The number of nitrogens with zero attached hydrogens (tertiary/aromatic N) is 7. The van der Waals surface area contributed by atoms with E-state index >= 15 is 0 Å². The van der Waals surface area contributed by atoms with Gasteiger partial charge in [0, 0.05) is 90.4 Å². The molecule has 0 saturated carbocycles. The summed E-state index contributed by atoms with van der Waals surface area (Å²) >= 11 is 0. The van der Waals surface area contributed by atoms with E-state index in [1.54, 1.807) is 25.7 Å². The van der Waals surface area contributed by atoms with Crippen LogP contribution in [-0.2, 0) is 56.1 Å². The Morgan fingerprint density at radius 2 is 1.06 bits per heavy atom. The number of hydrogen-bond acceptors (Lipinski definition) is 22. The SMILES string of the molecule is O=C(O)CC[C@H](NC(=O)N[C@@H](CCCCNC(=O)[C@H](Cc1ccc2ccccc2c1)NC(=O)c1cc(CNC(=O)[C@H](CCCCNc2ccc([N+](=O)[O-])cc2[N+](=O)[O-])NC(=O)CN2CCN(CC(=O)O)CCN(CC(=O)O)CCN(CC(=O)O)CC2)on1)C(=O)O)C(=O)O. The van der Waals surface area contributed by atoms with E-state index in [1.807, 2.05) is 41.7 Å². The summed E-state index contributed by atoms with van der Waals surface area (Å²) in [7, 11) is 0. The second-order valence-electron chi connectivity index (χ2n) is 22.0. The number of fused-ring (bicyclic) bond motifs is 1. The maximum atomic E-state index is 14.1. The Morgan fingerprint density at radius 3 is 1.61 bits per heavy atom. The van der Waals surface area contributed by atoms with Crippen molar-refractivity contribution < 1.29 is 97.7 Å². The molecule has 1 aliphatic heterocycles. The van der Waals surface area contributed by atoms with Gasteiger partial charge in [0.05, 0.1) is 48.6 Å². The van der Waals surface area contributed by atoms with Crippen molar-refractivity contribution in [3.05, 3.63) is 104 Å². The average molecular weight is 1320 g/mol. The van der Waals surface area contributed by atoms with Crippen LogP contribution in [-0.4, -0.2) is 247 Å². The van der Waals surface area contributed by atoms with Gasteiger partial charge in [-0.05, 0) is 67.3 Å². The van der Waals surface area contributed by atoms with Gasteiger partial charge in [-0.25, -0.2) is 14.4 Å². The van der Waals surface area contributed by atoms with Crippen LogP contribution in [0.4, 0.5) is 21.9 Å². The number of hydrogen-bond donors (Lipinski definition) is 13. The molecule has 0 bridgehead atoms. The second kappa shape index (κ2) is 37.8. The van der Waals surface area contributed by atoms with Crippen LogP contribution in [0.15, 0.2) is 71.3 Å².